The first-order valence-corrected chi connectivity index (χ1v) is 23.8. The summed E-state index contributed by atoms with van der Waals surface area (Å²) < 4.78 is 4.92. The summed E-state index contributed by atoms with van der Waals surface area (Å²) in [7, 11) is 0. The normalized spacial score (nSPS) is 11.7. The molecule has 5 heteroatoms. The van der Waals surface area contributed by atoms with Crippen molar-refractivity contribution in [3.63, 3.8) is 0 Å². The van der Waals surface area contributed by atoms with Crippen LogP contribution in [-0.4, -0.2) is 24.1 Å². The number of hydrogen-bond acceptors (Lipinski definition) is 3. The van der Waals surface area contributed by atoms with Crippen LogP contribution in [0.2, 0.25) is 0 Å². The molecule has 14 aromatic rings. The predicted octanol–water partition coefficient (Wildman–Crippen LogP) is 16.7. The van der Waals surface area contributed by atoms with Crippen LogP contribution in [-0.2, 0) is 0 Å². The summed E-state index contributed by atoms with van der Waals surface area (Å²) in [5.41, 5.74) is 14.3. The molecule has 0 saturated carbocycles. The van der Waals surface area contributed by atoms with Gasteiger partial charge in [-0.1, -0.05) is 194 Å². The lowest BCUT2D eigenvalue weighted by molar-refractivity contribution is 1.08. The van der Waals surface area contributed by atoms with Crippen LogP contribution in [0.5, 0.6) is 0 Å². The molecule has 3 heterocycles. The van der Waals surface area contributed by atoms with E-state index in [4.69, 9.17) is 15.0 Å². The van der Waals surface area contributed by atoms with Gasteiger partial charge in [0.05, 0.1) is 27.8 Å². The summed E-state index contributed by atoms with van der Waals surface area (Å²) in [6, 6.07) is 88.8. The second-order valence-electron chi connectivity index (χ2n) is 17.9. The Balaban J connectivity index is 1.02. The Hall–Kier alpha value is -9.45. The van der Waals surface area contributed by atoms with Gasteiger partial charge in [0.15, 0.2) is 17.5 Å². The quantitative estimate of drug-likeness (QED) is 0.160. The average molecular weight is 892 g/mol. The van der Waals surface area contributed by atoms with Crippen molar-refractivity contribution >= 4 is 65.2 Å². The molecule has 0 aliphatic heterocycles. The summed E-state index contributed by atoms with van der Waals surface area (Å²) in [6.45, 7) is 0. The molecule has 0 amide bonds. The van der Waals surface area contributed by atoms with Crippen molar-refractivity contribution in [3.8, 4) is 67.8 Å². The summed E-state index contributed by atoms with van der Waals surface area (Å²) in [4.78, 5) is 15.6. The monoisotopic (exact) mass is 891 g/mol. The lowest BCUT2D eigenvalue weighted by atomic mass is 9.94. The van der Waals surface area contributed by atoms with Crippen LogP contribution in [0.1, 0.15) is 0 Å². The molecular weight excluding hydrogens is 851 g/mol. The van der Waals surface area contributed by atoms with Gasteiger partial charge in [-0.25, -0.2) is 15.0 Å². The second kappa shape index (κ2) is 16.1. The highest BCUT2D eigenvalue weighted by Crippen LogP contribution is 2.45. The van der Waals surface area contributed by atoms with Gasteiger partial charge in [-0.2, -0.15) is 0 Å². The van der Waals surface area contributed by atoms with Crippen LogP contribution in [0.4, 0.5) is 0 Å². The zero-order chi connectivity index (χ0) is 46.1. The van der Waals surface area contributed by atoms with E-state index in [1.807, 2.05) is 24.3 Å². The van der Waals surface area contributed by atoms with Gasteiger partial charge in [0.25, 0.3) is 0 Å². The third kappa shape index (κ3) is 6.36. The van der Waals surface area contributed by atoms with Crippen molar-refractivity contribution in [1.82, 2.24) is 24.1 Å². The predicted molar refractivity (Wildman–Crippen MR) is 291 cm³/mol. The number of hydrogen-bond donors (Lipinski definition) is 0. The molecule has 5 nitrogen and oxygen atoms in total. The van der Waals surface area contributed by atoms with Crippen LogP contribution in [0.3, 0.4) is 0 Å². The molecule has 0 saturated heterocycles. The molecule has 0 fully saturated rings. The summed E-state index contributed by atoms with van der Waals surface area (Å²) in [5, 5.41) is 9.50. The Kier molecular flexibility index (Phi) is 9.14. The zero-order valence-corrected chi connectivity index (χ0v) is 37.9. The number of aromatic nitrogens is 5. The van der Waals surface area contributed by atoms with E-state index in [0.717, 1.165) is 66.5 Å². The van der Waals surface area contributed by atoms with Gasteiger partial charge in [-0.05, 0) is 93.0 Å². The molecule has 11 aromatic carbocycles. The smallest absolute Gasteiger partial charge is 0.164 e. The largest absolute Gasteiger partial charge is 0.309 e. The Morgan fingerprint density at radius 3 is 1.50 bits per heavy atom. The van der Waals surface area contributed by atoms with E-state index in [1.165, 1.54) is 49.0 Å². The number of rotatable bonds is 7. The van der Waals surface area contributed by atoms with Gasteiger partial charge in [-0.15, -0.1) is 0 Å². The molecule has 0 unspecified atom stereocenters. The maximum absolute atomic E-state index is 5.29. The highest BCUT2D eigenvalue weighted by molar-refractivity contribution is 6.27. The molecule has 0 N–H and O–H groups in total. The number of para-hydroxylation sites is 2. The molecule has 70 heavy (non-hydrogen) atoms. The van der Waals surface area contributed by atoms with Crippen LogP contribution in [0, 0.1) is 0 Å². The molecule has 326 valence electrons. The lowest BCUT2D eigenvalue weighted by Gasteiger charge is -2.15. The highest BCUT2D eigenvalue weighted by atomic mass is 15.0. The third-order valence-electron chi connectivity index (χ3n) is 13.9. The zero-order valence-electron chi connectivity index (χ0n) is 37.9. The Labute approximate surface area is 403 Å². The molecule has 0 spiro atoms. The van der Waals surface area contributed by atoms with Crippen molar-refractivity contribution < 1.29 is 0 Å². The molecule has 0 atom stereocenters. The molecular formula is C65H41N5. The van der Waals surface area contributed by atoms with Gasteiger partial charge >= 0.3 is 0 Å². The molecule has 0 bridgehead atoms. The van der Waals surface area contributed by atoms with Crippen molar-refractivity contribution in [2.75, 3.05) is 0 Å². The molecule has 14 rings (SSSR count). The Morgan fingerprint density at radius 2 is 0.771 bits per heavy atom. The fourth-order valence-electron chi connectivity index (χ4n) is 10.8. The molecule has 0 aliphatic rings. The van der Waals surface area contributed by atoms with E-state index in [9.17, 15) is 0 Å². The van der Waals surface area contributed by atoms with Gasteiger partial charge in [0.2, 0.25) is 0 Å². The highest BCUT2D eigenvalue weighted by Gasteiger charge is 2.23. The molecule has 0 aliphatic carbocycles. The Morgan fingerprint density at radius 1 is 0.243 bits per heavy atom. The molecule has 0 radical (unpaired) electrons. The third-order valence-corrected chi connectivity index (χ3v) is 13.9. The number of fused-ring (bicyclic) bond motifs is 9. The maximum Gasteiger partial charge on any atom is 0.164 e. The van der Waals surface area contributed by atoms with Gasteiger partial charge < -0.3 is 9.13 Å². The van der Waals surface area contributed by atoms with E-state index >= 15 is 0 Å². The standard InChI is InChI=1S/C65H41N5/c1-5-20-42(21-6-1)45-26-19-27-46(38-45)64-66-63(44-24-9-3-10-25-44)67-65(68-64)53-36-37-58(50-32-15-13-30-48(50)53)70-57-35-18-17-33-51(57)55-39-56-60(41-59(55)70)69(47-28-11-4-12-29-47)61-40-54(43-22-7-2-8-23-43)49-31-14-16-34-52(49)62(56)61/h1-41H. The van der Waals surface area contributed by atoms with Crippen LogP contribution in [0.15, 0.2) is 249 Å². The summed E-state index contributed by atoms with van der Waals surface area (Å²) in [5.74, 6) is 1.87. The minimum Gasteiger partial charge on any atom is -0.309 e. The molecule has 3 aromatic heterocycles. The first-order valence-electron chi connectivity index (χ1n) is 23.8. The topological polar surface area (TPSA) is 48.5 Å². The van der Waals surface area contributed by atoms with Gasteiger partial charge in [0, 0.05) is 49.3 Å². The summed E-state index contributed by atoms with van der Waals surface area (Å²) >= 11 is 0. The Bertz CT molecular complexity index is 4330. The fraction of sp³-hybridized carbons (Fsp3) is 0. The van der Waals surface area contributed by atoms with E-state index in [-0.39, 0.29) is 0 Å². The number of benzene rings is 11. The lowest BCUT2D eigenvalue weighted by Crippen LogP contribution is -2.02. The maximum atomic E-state index is 5.29. The van der Waals surface area contributed by atoms with Crippen LogP contribution < -0.4 is 0 Å². The minimum atomic E-state index is 0.620. The average Bonchev–Trinajstić information content (AvgIpc) is 3.94. The van der Waals surface area contributed by atoms with Crippen LogP contribution in [0.25, 0.3) is 133 Å². The fourth-order valence-corrected chi connectivity index (χ4v) is 10.8. The van der Waals surface area contributed by atoms with Crippen molar-refractivity contribution in [2.45, 2.75) is 0 Å². The van der Waals surface area contributed by atoms with Gasteiger partial charge in [-0.3, -0.25) is 0 Å². The van der Waals surface area contributed by atoms with E-state index in [1.54, 1.807) is 0 Å². The van der Waals surface area contributed by atoms with E-state index in [0.29, 0.717) is 17.5 Å². The SMILES string of the molecule is c1ccc(-c2cccc(-c3nc(-c4ccccc4)nc(-c4ccc(-n5c6ccccc6c6cc7c8c9ccccc9c(-c9ccccc9)cc8n(-c8ccccc8)c7cc65)c5ccccc45)n3)c2)cc1. The second-order valence-corrected chi connectivity index (χ2v) is 17.9. The van der Waals surface area contributed by atoms with E-state index < -0.39 is 0 Å². The summed E-state index contributed by atoms with van der Waals surface area (Å²) in [6.07, 6.45) is 0. The van der Waals surface area contributed by atoms with E-state index in [2.05, 4.69) is 234 Å². The first-order chi connectivity index (χ1) is 34.7. The van der Waals surface area contributed by atoms with Crippen LogP contribution >= 0.6 is 0 Å². The minimum absolute atomic E-state index is 0.620. The van der Waals surface area contributed by atoms with Crippen molar-refractivity contribution in [2.24, 2.45) is 0 Å². The first kappa shape index (κ1) is 39.7. The number of nitrogens with zero attached hydrogens (tertiary/aromatic N) is 5. The van der Waals surface area contributed by atoms with Crippen molar-refractivity contribution in [3.05, 3.63) is 249 Å². The van der Waals surface area contributed by atoms with Gasteiger partial charge in [0.1, 0.15) is 0 Å². The van der Waals surface area contributed by atoms with Crippen molar-refractivity contribution in [1.29, 1.82) is 0 Å².